The van der Waals surface area contributed by atoms with Crippen molar-refractivity contribution in [3.05, 3.63) is 28.8 Å². The molecule has 4 nitrogen and oxygen atoms in total. The third-order valence-electron chi connectivity index (χ3n) is 3.19. The van der Waals surface area contributed by atoms with Crippen molar-refractivity contribution in [2.75, 3.05) is 32.8 Å². The number of halogens is 1. The topological polar surface area (TPSA) is 38.8 Å². The van der Waals surface area contributed by atoms with E-state index in [-0.39, 0.29) is 6.10 Å². The molecule has 1 aromatic carbocycles. The van der Waals surface area contributed by atoms with Gasteiger partial charge >= 0.3 is 0 Å². The minimum absolute atomic E-state index is 0.0453. The van der Waals surface area contributed by atoms with Crippen LogP contribution in [0.1, 0.15) is 17.3 Å². The Balaban J connectivity index is 1.93. The zero-order valence-corrected chi connectivity index (χ0v) is 11.7. The van der Waals surface area contributed by atoms with Crippen molar-refractivity contribution in [3.63, 3.8) is 0 Å². The number of rotatable bonds is 5. The smallest absolute Gasteiger partial charge is 0.153 e. The number of ether oxygens (including phenoxy) is 2. The summed E-state index contributed by atoms with van der Waals surface area (Å²) < 4.78 is 11.3. The van der Waals surface area contributed by atoms with Crippen LogP contribution in [0.2, 0.25) is 5.02 Å². The molecular formula is C14H18ClNO3. The molecule has 0 spiro atoms. The summed E-state index contributed by atoms with van der Waals surface area (Å²) >= 11 is 5.84. The van der Waals surface area contributed by atoms with Crippen LogP contribution in [0.5, 0.6) is 5.75 Å². The highest BCUT2D eigenvalue weighted by atomic mass is 35.5. The first-order chi connectivity index (χ1) is 9.22. The van der Waals surface area contributed by atoms with Crippen molar-refractivity contribution < 1.29 is 14.3 Å². The molecule has 1 aliphatic heterocycles. The van der Waals surface area contributed by atoms with Crippen molar-refractivity contribution >= 4 is 17.9 Å². The molecule has 19 heavy (non-hydrogen) atoms. The van der Waals surface area contributed by atoms with Crippen molar-refractivity contribution in [1.29, 1.82) is 0 Å². The van der Waals surface area contributed by atoms with E-state index in [4.69, 9.17) is 21.1 Å². The Morgan fingerprint density at radius 3 is 3.16 bits per heavy atom. The van der Waals surface area contributed by atoms with Crippen LogP contribution < -0.4 is 4.74 Å². The molecule has 1 fully saturated rings. The molecule has 1 saturated heterocycles. The number of nitrogens with zero attached hydrogens (tertiary/aromatic N) is 1. The van der Waals surface area contributed by atoms with Gasteiger partial charge in [0.1, 0.15) is 18.5 Å². The first-order valence-corrected chi connectivity index (χ1v) is 6.82. The van der Waals surface area contributed by atoms with E-state index in [0.29, 0.717) is 22.9 Å². The van der Waals surface area contributed by atoms with E-state index in [0.717, 1.165) is 32.5 Å². The first kappa shape index (κ1) is 14.3. The van der Waals surface area contributed by atoms with E-state index in [1.54, 1.807) is 18.2 Å². The van der Waals surface area contributed by atoms with Crippen LogP contribution in [0.25, 0.3) is 0 Å². The third kappa shape index (κ3) is 3.93. The maximum Gasteiger partial charge on any atom is 0.153 e. The molecule has 0 saturated carbocycles. The van der Waals surface area contributed by atoms with Crippen LogP contribution in [0.15, 0.2) is 18.2 Å². The number of hydrogen-bond donors (Lipinski definition) is 0. The molecule has 1 aliphatic rings. The van der Waals surface area contributed by atoms with Crippen LogP contribution in [0, 0.1) is 0 Å². The molecule has 0 radical (unpaired) electrons. The summed E-state index contributed by atoms with van der Waals surface area (Å²) in [4.78, 5) is 13.3. The molecule has 1 aromatic rings. The van der Waals surface area contributed by atoms with Gasteiger partial charge in [0.25, 0.3) is 0 Å². The van der Waals surface area contributed by atoms with Gasteiger partial charge in [-0.3, -0.25) is 9.69 Å². The van der Waals surface area contributed by atoms with Crippen molar-refractivity contribution in [2.24, 2.45) is 0 Å². The summed E-state index contributed by atoms with van der Waals surface area (Å²) in [7, 11) is 0. The van der Waals surface area contributed by atoms with Gasteiger partial charge in [-0.1, -0.05) is 18.5 Å². The zero-order valence-electron chi connectivity index (χ0n) is 11.0. The highest BCUT2D eigenvalue weighted by Crippen LogP contribution is 2.21. The molecule has 5 heteroatoms. The predicted molar refractivity (Wildman–Crippen MR) is 74.2 cm³/mol. The summed E-state index contributed by atoms with van der Waals surface area (Å²) in [5, 5.41) is 0.528. The second kappa shape index (κ2) is 6.89. The van der Waals surface area contributed by atoms with Gasteiger partial charge in [-0.15, -0.1) is 0 Å². The van der Waals surface area contributed by atoms with Crippen LogP contribution in [-0.4, -0.2) is 50.1 Å². The molecule has 0 aromatic heterocycles. The molecule has 2 rings (SSSR count). The lowest BCUT2D eigenvalue weighted by Crippen LogP contribution is -2.44. The van der Waals surface area contributed by atoms with Gasteiger partial charge in [0.2, 0.25) is 0 Å². The quantitative estimate of drug-likeness (QED) is 0.777. The van der Waals surface area contributed by atoms with Crippen LogP contribution in [0.3, 0.4) is 0 Å². The summed E-state index contributed by atoms with van der Waals surface area (Å²) in [6, 6.07) is 5.03. The first-order valence-electron chi connectivity index (χ1n) is 6.44. The van der Waals surface area contributed by atoms with Gasteiger partial charge < -0.3 is 9.47 Å². The SMILES string of the molecule is CCN1CCOC(COc2ccc(Cl)cc2C=O)C1. The molecule has 0 aliphatic carbocycles. The number of benzene rings is 1. The van der Waals surface area contributed by atoms with Gasteiger partial charge in [-0.2, -0.15) is 0 Å². The van der Waals surface area contributed by atoms with Gasteiger partial charge in [-0.05, 0) is 24.7 Å². The summed E-state index contributed by atoms with van der Waals surface area (Å²) in [6.07, 6.45) is 0.797. The van der Waals surface area contributed by atoms with E-state index >= 15 is 0 Å². The van der Waals surface area contributed by atoms with Crippen LogP contribution >= 0.6 is 11.6 Å². The van der Waals surface area contributed by atoms with Gasteiger partial charge in [0, 0.05) is 18.1 Å². The van der Waals surface area contributed by atoms with Crippen molar-refractivity contribution in [1.82, 2.24) is 4.90 Å². The maximum atomic E-state index is 11.0. The maximum absolute atomic E-state index is 11.0. The van der Waals surface area contributed by atoms with Crippen molar-refractivity contribution in [2.45, 2.75) is 13.0 Å². The molecule has 0 amide bonds. The Labute approximate surface area is 118 Å². The number of carbonyl (C=O) groups excluding carboxylic acids is 1. The Hall–Kier alpha value is -1.10. The van der Waals surface area contributed by atoms with E-state index in [9.17, 15) is 4.79 Å². The summed E-state index contributed by atoms with van der Waals surface area (Å²) in [5.74, 6) is 0.552. The fraction of sp³-hybridized carbons (Fsp3) is 0.500. The Kier molecular flexibility index (Phi) is 5.19. The molecule has 1 atom stereocenters. The number of aldehydes is 1. The average Bonchev–Trinajstić information content (AvgIpc) is 2.46. The largest absolute Gasteiger partial charge is 0.490 e. The fourth-order valence-corrected chi connectivity index (χ4v) is 2.27. The second-order valence-corrected chi connectivity index (χ2v) is 4.93. The lowest BCUT2D eigenvalue weighted by Gasteiger charge is -2.31. The molecule has 1 unspecified atom stereocenters. The lowest BCUT2D eigenvalue weighted by molar-refractivity contribution is -0.0464. The molecular weight excluding hydrogens is 266 g/mol. The van der Waals surface area contributed by atoms with Crippen molar-refractivity contribution in [3.8, 4) is 5.75 Å². The van der Waals surface area contributed by atoms with E-state index in [1.165, 1.54) is 0 Å². The van der Waals surface area contributed by atoms with Crippen LogP contribution in [-0.2, 0) is 4.74 Å². The summed E-state index contributed by atoms with van der Waals surface area (Å²) in [5.41, 5.74) is 0.468. The highest BCUT2D eigenvalue weighted by Gasteiger charge is 2.20. The molecule has 0 N–H and O–H groups in total. The molecule has 0 bridgehead atoms. The minimum atomic E-state index is 0.0453. The Bertz CT molecular complexity index is 439. The van der Waals surface area contributed by atoms with Gasteiger partial charge in [0.05, 0.1) is 12.2 Å². The predicted octanol–water partition coefficient (Wildman–Crippen LogP) is 2.25. The monoisotopic (exact) mass is 283 g/mol. The van der Waals surface area contributed by atoms with Gasteiger partial charge in [0.15, 0.2) is 6.29 Å². The van der Waals surface area contributed by atoms with Crippen LogP contribution in [0.4, 0.5) is 0 Å². The third-order valence-corrected chi connectivity index (χ3v) is 3.43. The fourth-order valence-electron chi connectivity index (χ4n) is 2.09. The Morgan fingerprint density at radius 2 is 2.42 bits per heavy atom. The lowest BCUT2D eigenvalue weighted by atomic mass is 10.2. The normalized spacial score (nSPS) is 20.2. The second-order valence-electron chi connectivity index (χ2n) is 4.50. The number of morpholine rings is 1. The molecule has 104 valence electrons. The number of carbonyl (C=O) groups is 1. The zero-order chi connectivity index (χ0) is 13.7. The standard InChI is InChI=1S/C14H18ClNO3/c1-2-16-5-6-18-13(8-16)10-19-14-4-3-12(15)7-11(14)9-17/h3-4,7,9,13H,2,5-6,8,10H2,1H3. The van der Waals surface area contributed by atoms with E-state index in [2.05, 4.69) is 11.8 Å². The van der Waals surface area contributed by atoms with E-state index in [1.807, 2.05) is 0 Å². The number of hydrogen-bond acceptors (Lipinski definition) is 4. The average molecular weight is 284 g/mol. The Morgan fingerprint density at radius 1 is 1.58 bits per heavy atom. The minimum Gasteiger partial charge on any atom is -0.490 e. The highest BCUT2D eigenvalue weighted by molar-refractivity contribution is 6.30. The summed E-state index contributed by atoms with van der Waals surface area (Å²) in [6.45, 7) is 6.14. The molecule has 1 heterocycles. The van der Waals surface area contributed by atoms with E-state index < -0.39 is 0 Å². The van der Waals surface area contributed by atoms with Gasteiger partial charge in [-0.25, -0.2) is 0 Å². The number of likely N-dealkylation sites (N-methyl/N-ethyl adjacent to an activating group) is 1.